The summed E-state index contributed by atoms with van der Waals surface area (Å²) in [6.45, 7) is 2.78. The van der Waals surface area contributed by atoms with Gasteiger partial charge in [-0.3, -0.25) is 0 Å². The van der Waals surface area contributed by atoms with E-state index in [0.717, 1.165) is 17.3 Å². The van der Waals surface area contributed by atoms with Crippen LogP contribution >= 0.6 is 15.9 Å². The van der Waals surface area contributed by atoms with E-state index in [2.05, 4.69) is 22.9 Å². The molecule has 0 atom stereocenters. The lowest BCUT2D eigenvalue weighted by Crippen LogP contribution is -2.07. The highest BCUT2D eigenvalue weighted by Gasteiger charge is 2.09. The van der Waals surface area contributed by atoms with Crippen molar-refractivity contribution in [3.63, 3.8) is 0 Å². The van der Waals surface area contributed by atoms with Crippen LogP contribution in [0.2, 0.25) is 0 Å². The molecule has 0 N–H and O–H groups in total. The van der Waals surface area contributed by atoms with E-state index in [1.54, 1.807) is 6.07 Å². The van der Waals surface area contributed by atoms with E-state index in [4.69, 9.17) is 4.74 Å². The van der Waals surface area contributed by atoms with E-state index in [1.165, 1.54) is 57.8 Å². The zero-order chi connectivity index (χ0) is 16.8. The first-order valence-electron chi connectivity index (χ1n) is 9.17. The molecule has 0 amide bonds. The van der Waals surface area contributed by atoms with Crippen molar-refractivity contribution in [2.75, 3.05) is 6.61 Å². The fraction of sp³-hybridized carbons (Fsp3) is 0.650. The molecule has 0 unspecified atom stereocenters. The van der Waals surface area contributed by atoms with Gasteiger partial charge in [0.25, 0.3) is 0 Å². The third kappa shape index (κ3) is 9.80. The van der Waals surface area contributed by atoms with Gasteiger partial charge in [0.1, 0.15) is 0 Å². The van der Waals surface area contributed by atoms with Crippen molar-refractivity contribution >= 4 is 21.9 Å². The molecule has 0 aromatic heterocycles. The fourth-order valence-electron chi connectivity index (χ4n) is 2.64. The number of carbonyl (C=O) groups is 1. The molecule has 0 aliphatic carbocycles. The van der Waals surface area contributed by atoms with Crippen LogP contribution in [-0.4, -0.2) is 12.6 Å². The summed E-state index contributed by atoms with van der Waals surface area (Å²) in [5, 5.41) is 0. The van der Waals surface area contributed by atoms with Crippen molar-refractivity contribution in [1.29, 1.82) is 0 Å². The summed E-state index contributed by atoms with van der Waals surface area (Å²) in [7, 11) is 0. The van der Waals surface area contributed by atoms with Gasteiger partial charge in [0.2, 0.25) is 0 Å². The van der Waals surface area contributed by atoms with E-state index in [0.29, 0.717) is 12.2 Å². The van der Waals surface area contributed by atoms with E-state index in [-0.39, 0.29) is 5.97 Å². The normalized spacial score (nSPS) is 10.7. The van der Waals surface area contributed by atoms with Crippen LogP contribution in [0.15, 0.2) is 28.7 Å². The maximum Gasteiger partial charge on any atom is 0.339 e. The lowest BCUT2D eigenvalue weighted by molar-refractivity contribution is 0.0496. The zero-order valence-corrected chi connectivity index (χ0v) is 16.1. The number of halogens is 1. The van der Waals surface area contributed by atoms with E-state index >= 15 is 0 Å². The molecule has 0 spiro atoms. The summed E-state index contributed by atoms with van der Waals surface area (Å²) in [5.41, 5.74) is 0.607. The Hall–Kier alpha value is -0.830. The highest BCUT2D eigenvalue weighted by atomic mass is 79.9. The lowest BCUT2D eigenvalue weighted by Gasteiger charge is -2.06. The van der Waals surface area contributed by atoms with Gasteiger partial charge in [-0.05, 0) is 34.5 Å². The molecule has 0 aliphatic rings. The quantitative estimate of drug-likeness (QED) is 0.273. The summed E-state index contributed by atoms with van der Waals surface area (Å²) in [6.07, 6.45) is 14.3. The Labute approximate surface area is 150 Å². The number of rotatable bonds is 13. The third-order valence-corrected chi connectivity index (χ3v) is 4.77. The van der Waals surface area contributed by atoms with Crippen LogP contribution in [0.4, 0.5) is 0 Å². The maximum absolute atomic E-state index is 11.9. The molecule has 130 valence electrons. The molecule has 23 heavy (non-hydrogen) atoms. The molecule has 0 bridgehead atoms. The minimum Gasteiger partial charge on any atom is -0.462 e. The predicted octanol–water partition coefficient (Wildman–Crippen LogP) is 6.92. The van der Waals surface area contributed by atoms with Gasteiger partial charge < -0.3 is 4.74 Å². The predicted molar refractivity (Wildman–Crippen MR) is 101 cm³/mol. The molecule has 0 saturated heterocycles. The second-order valence-corrected chi connectivity index (χ2v) is 7.01. The summed E-state index contributed by atoms with van der Waals surface area (Å²) in [5.74, 6) is -0.232. The highest BCUT2D eigenvalue weighted by molar-refractivity contribution is 9.10. The molecule has 0 radical (unpaired) electrons. The molecule has 1 rings (SSSR count). The van der Waals surface area contributed by atoms with Gasteiger partial charge >= 0.3 is 5.97 Å². The Morgan fingerprint density at radius 3 is 1.96 bits per heavy atom. The minimum absolute atomic E-state index is 0.232. The van der Waals surface area contributed by atoms with Gasteiger partial charge in [-0.2, -0.15) is 0 Å². The molecular weight excluding hydrogens is 352 g/mol. The fourth-order valence-corrected chi connectivity index (χ4v) is 3.08. The first-order chi connectivity index (χ1) is 11.3. The van der Waals surface area contributed by atoms with Crippen LogP contribution in [0.3, 0.4) is 0 Å². The number of hydrogen-bond acceptors (Lipinski definition) is 2. The molecule has 3 heteroatoms. The Morgan fingerprint density at radius 2 is 1.39 bits per heavy atom. The number of unbranched alkanes of at least 4 members (excludes halogenated alkanes) is 10. The van der Waals surface area contributed by atoms with Gasteiger partial charge in [0.05, 0.1) is 12.2 Å². The van der Waals surface area contributed by atoms with Crippen molar-refractivity contribution in [3.8, 4) is 0 Å². The Morgan fingerprint density at radius 1 is 0.870 bits per heavy atom. The van der Waals surface area contributed by atoms with Crippen molar-refractivity contribution in [2.45, 2.75) is 77.6 Å². The Kier molecular flexibility index (Phi) is 11.9. The number of esters is 1. The lowest BCUT2D eigenvalue weighted by atomic mass is 10.1. The largest absolute Gasteiger partial charge is 0.462 e. The van der Waals surface area contributed by atoms with Crippen molar-refractivity contribution < 1.29 is 9.53 Å². The maximum atomic E-state index is 11.9. The second kappa shape index (κ2) is 13.6. The number of benzene rings is 1. The first kappa shape index (κ1) is 20.2. The monoisotopic (exact) mass is 382 g/mol. The molecule has 1 aromatic carbocycles. The highest BCUT2D eigenvalue weighted by Crippen LogP contribution is 2.17. The number of carbonyl (C=O) groups excluding carboxylic acids is 1. The van der Waals surface area contributed by atoms with Gasteiger partial charge in [-0.15, -0.1) is 0 Å². The SMILES string of the molecule is CCCCCCCCCCCCCOC(=O)c1ccccc1Br. The Balaban J connectivity index is 1.92. The number of ether oxygens (including phenoxy) is 1. The van der Waals surface area contributed by atoms with Crippen LogP contribution in [-0.2, 0) is 4.74 Å². The van der Waals surface area contributed by atoms with Gasteiger partial charge in [-0.25, -0.2) is 4.79 Å². The molecule has 0 aliphatic heterocycles. The standard InChI is InChI=1S/C20H31BrO2/c1-2-3-4-5-6-7-8-9-10-11-14-17-23-20(22)18-15-12-13-16-19(18)21/h12-13,15-16H,2-11,14,17H2,1H3. The second-order valence-electron chi connectivity index (χ2n) is 6.15. The average molecular weight is 383 g/mol. The minimum atomic E-state index is -0.232. The Bertz CT molecular complexity index is 431. The van der Waals surface area contributed by atoms with E-state index in [1.807, 2.05) is 18.2 Å². The average Bonchev–Trinajstić information content (AvgIpc) is 2.56. The first-order valence-corrected chi connectivity index (χ1v) is 9.96. The summed E-state index contributed by atoms with van der Waals surface area (Å²) in [6, 6.07) is 7.39. The summed E-state index contributed by atoms with van der Waals surface area (Å²) in [4.78, 5) is 11.9. The van der Waals surface area contributed by atoms with Crippen LogP contribution in [0.1, 0.15) is 87.9 Å². The molecule has 0 fully saturated rings. The van der Waals surface area contributed by atoms with Crippen molar-refractivity contribution in [2.24, 2.45) is 0 Å². The smallest absolute Gasteiger partial charge is 0.339 e. The molecule has 1 aromatic rings. The van der Waals surface area contributed by atoms with Gasteiger partial charge in [0, 0.05) is 4.47 Å². The molecular formula is C20H31BrO2. The van der Waals surface area contributed by atoms with Crippen LogP contribution in [0, 0.1) is 0 Å². The van der Waals surface area contributed by atoms with Gasteiger partial charge in [0.15, 0.2) is 0 Å². The summed E-state index contributed by atoms with van der Waals surface area (Å²) >= 11 is 3.37. The van der Waals surface area contributed by atoms with Crippen molar-refractivity contribution in [3.05, 3.63) is 34.3 Å². The topological polar surface area (TPSA) is 26.3 Å². The van der Waals surface area contributed by atoms with Gasteiger partial charge in [-0.1, -0.05) is 83.3 Å². The zero-order valence-electron chi connectivity index (χ0n) is 14.5. The third-order valence-electron chi connectivity index (χ3n) is 4.07. The van der Waals surface area contributed by atoms with Crippen molar-refractivity contribution in [1.82, 2.24) is 0 Å². The molecule has 2 nitrogen and oxygen atoms in total. The van der Waals surface area contributed by atoms with E-state index < -0.39 is 0 Å². The molecule has 0 saturated carbocycles. The van der Waals surface area contributed by atoms with Crippen LogP contribution < -0.4 is 0 Å². The number of hydrogen-bond donors (Lipinski definition) is 0. The van der Waals surface area contributed by atoms with E-state index in [9.17, 15) is 4.79 Å². The van der Waals surface area contributed by atoms with Crippen LogP contribution in [0.5, 0.6) is 0 Å². The molecule has 0 heterocycles. The summed E-state index contributed by atoms with van der Waals surface area (Å²) < 4.78 is 6.12. The van der Waals surface area contributed by atoms with Crippen LogP contribution in [0.25, 0.3) is 0 Å².